The number of nitrogens with zero attached hydrogens (tertiary/aromatic N) is 4. The van der Waals surface area contributed by atoms with E-state index in [9.17, 15) is 4.79 Å². The lowest BCUT2D eigenvalue weighted by Crippen LogP contribution is -2.04. The minimum atomic E-state index is -0.0755. The lowest BCUT2D eigenvalue weighted by molar-refractivity contribution is 0.101. The van der Waals surface area contributed by atoms with Gasteiger partial charge in [0, 0.05) is 23.6 Å². The van der Waals surface area contributed by atoms with Crippen molar-refractivity contribution >= 4 is 24.5 Å². The fourth-order valence-corrected chi connectivity index (χ4v) is 3.38. The van der Waals surface area contributed by atoms with E-state index in [2.05, 4.69) is 17.0 Å². The molecule has 0 saturated heterocycles. The second kappa shape index (κ2) is 7.99. The molecule has 5 nitrogen and oxygen atoms in total. The van der Waals surface area contributed by atoms with E-state index in [4.69, 9.17) is 12.8 Å². The van der Waals surface area contributed by atoms with Gasteiger partial charge in [-0.05, 0) is 36.1 Å². The van der Waals surface area contributed by atoms with E-state index in [1.165, 1.54) is 6.92 Å². The predicted molar refractivity (Wildman–Crippen MR) is 116 cm³/mol. The van der Waals surface area contributed by atoms with Crippen molar-refractivity contribution in [3.63, 3.8) is 0 Å². The van der Waals surface area contributed by atoms with Gasteiger partial charge in [0.05, 0.1) is 25.3 Å². The summed E-state index contributed by atoms with van der Waals surface area (Å²) in [7, 11) is 6.25. The van der Waals surface area contributed by atoms with Crippen LogP contribution >= 0.6 is 0 Å². The number of aromatic nitrogens is 4. The molecule has 1 aromatic carbocycles. The van der Waals surface area contributed by atoms with Crippen LogP contribution in [0.1, 0.15) is 48.7 Å². The highest BCUT2D eigenvalue weighted by atomic mass is 16.1. The Morgan fingerprint density at radius 3 is 2.72 bits per heavy atom. The Balaban J connectivity index is 1.78. The highest BCUT2D eigenvalue weighted by Gasteiger charge is 2.12. The van der Waals surface area contributed by atoms with E-state index in [-0.39, 0.29) is 11.6 Å². The first-order valence-corrected chi connectivity index (χ1v) is 9.76. The summed E-state index contributed by atoms with van der Waals surface area (Å²) >= 11 is 0. The lowest BCUT2D eigenvalue weighted by Gasteiger charge is -2.12. The quantitative estimate of drug-likeness (QED) is 0.360. The van der Waals surface area contributed by atoms with Gasteiger partial charge in [-0.3, -0.25) is 9.78 Å². The van der Waals surface area contributed by atoms with Crippen LogP contribution in [0.2, 0.25) is 0 Å². The average Bonchev–Trinajstić information content (AvgIpc) is 3.17. The van der Waals surface area contributed by atoms with E-state index in [0.29, 0.717) is 11.5 Å². The molecule has 0 unspecified atom stereocenters. The zero-order valence-corrected chi connectivity index (χ0v) is 16.5. The van der Waals surface area contributed by atoms with Gasteiger partial charge in [-0.2, -0.15) is 5.10 Å². The second-order valence-electron chi connectivity index (χ2n) is 7.11. The van der Waals surface area contributed by atoms with Crippen LogP contribution in [0.15, 0.2) is 60.8 Å². The van der Waals surface area contributed by atoms with Gasteiger partial charge in [0.15, 0.2) is 11.6 Å². The fraction of sp³-hybridized carbons (Fsp3) is 0.217. The molecule has 0 aliphatic rings. The predicted octanol–water partition coefficient (Wildman–Crippen LogP) is 4.69. The number of carbonyl (C=O) groups excluding carboxylic acids is 1. The zero-order valence-electron chi connectivity index (χ0n) is 16.5. The lowest BCUT2D eigenvalue weighted by atomic mass is 9.80. The summed E-state index contributed by atoms with van der Waals surface area (Å²) in [5.41, 5.74) is 4.07. The highest BCUT2D eigenvalue weighted by molar-refractivity contribution is 6.12. The number of ketones is 1. The Labute approximate surface area is 171 Å². The van der Waals surface area contributed by atoms with E-state index in [1.54, 1.807) is 16.9 Å². The zero-order chi connectivity index (χ0) is 20.4. The maximum absolute atomic E-state index is 11.7. The van der Waals surface area contributed by atoms with Crippen molar-refractivity contribution in [2.45, 2.75) is 32.5 Å². The summed E-state index contributed by atoms with van der Waals surface area (Å²) in [5, 5.41) is 5.46. The van der Waals surface area contributed by atoms with E-state index >= 15 is 0 Å². The molecule has 0 aliphatic carbocycles. The number of hydrogen-bond acceptors (Lipinski definition) is 4. The van der Waals surface area contributed by atoms with Gasteiger partial charge in [-0.25, -0.2) is 9.67 Å². The first-order chi connectivity index (χ1) is 14.1. The van der Waals surface area contributed by atoms with Crippen molar-refractivity contribution in [3.8, 4) is 17.1 Å². The molecule has 29 heavy (non-hydrogen) atoms. The highest BCUT2D eigenvalue weighted by Crippen LogP contribution is 2.26. The van der Waals surface area contributed by atoms with Crippen LogP contribution in [0.3, 0.4) is 0 Å². The molecule has 0 bridgehead atoms. The van der Waals surface area contributed by atoms with Gasteiger partial charge >= 0.3 is 0 Å². The molecule has 0 amide bonds. The van der Waals surface area contributed by atoms with Crippen LogP contribution in [0.5, 0.6) is 0 Å². The molecule has 0 spiro atoms. The smallest absolute Gasteiger partial charge is 0.178 e. The van der Waals surface area contributed by atoms with Gasteiger partial charge in [0.25, 0.3) is 0 Å². The summed E-state index contributed by atoms with van der Waals surface area (Å²) in [5.74, 6) is 0.470. The molecule has 1 atom stereocenters. The monoisotopic (exact) mass is 380 g/mol. The second-order valence-corrected chi connectivity index (χ2v) is 7.11. The molecule has 0 fully saturated rings. The van der Waals surface area contributed by atoms with Gasteiger partial charge in [-0.1, -0.05) is 44.0 Å². The number of fused-ring (bicyclic) bond motifs is 1. The Kier molecular flexibility index (Phi) is 5.25. The summed E-state index contributed by atoms with van der Waals surface area (Å²) in [6.07, 6.45) is 3.72. The summed E-state index contributed by atoms with van der Waals surface area (Å²) in [4.78, 5) is 20.9. The molecule has 4 rings (SSSR count). The number of benzene rings is 1. The number of Topliss-reactive ketones (excluding diaryl/α,β-unsaturated/α-hetero) is 1. The van der Waals surface area contributed by atoms with E-state index in [1.807, 2.05) is 48.5 Å². The number of hydrogen-bond donors (Lipinski definition) is 0. The van der Waals surface area contributed by atoms with Gasteiger partial charge < -0.3 is 0 Å². The third kappa shape index (κ3) is 3.83. The first kappa shape index (κ1) is 19.1. The van der Waals surface area contributed by atoms with Crippen LogP contribution in [0, 0.1) is 0 Å². The molecule has 4 aromatic rings. The molecule has 0 N–H and O–H groups in total. The Bertz CT molecular complexity index is 1180. The summed E-state index contributed by atoms with van der Waals surface area (Å²) in [6.45, 7) is 3.63. The third-order valence-corrected chi connectivity index (χ3v) is 4.93. The minimum absolute atomic E-state index is 0.0623. The van der Waals surface area contributed by atoms with Gasteiger partial charge in [0.1, 0.15) is 5.69 Å². The number of rotatable bonds is 6. The molecular weight excluding hydrogens is 359 g/mol. The van der Waals surface area contributed by atoms with Crippen LogP contribution in [0.25, 0.3) is 28.0 Å². The molecule has 0 aliphatic heterocycles. The normalized spacial score (nSPS) is 12.2. The van der Waals surface area contributed by atoms with Gasteiger partial charge in [-0.15, -0.1) is 0 Å². The van der Waals surface area contributed by atoms with Crippen molar-refractivity contribution in [1.82, 2.24) is 19.7 Å². The van der Waals surface area contributed by atoms with Crippen LogP contribution in [-0.4, -0.2) is 33.4 Å². The Morgan fingerprint density at radius 2 is 1.93 bits per heavy atom. The van der Waals surface area contributed by atoms with Gasteiger partial charge in [0.2, 0.25) is 0 Å². The van der Waals surface area contributed by atoms with Crippen LogP contribution in [-0.2, 0) is 0 Å². The topological polar surface area (TPSA) is 60.7 Å². The third-order valence-electron chi connectivity index (χ3n) is 4.93. The van der Waals surface area contributed by atoms with Crippen molar-refractivity contribution in [2.24, 2.45) is 0 Å². The molecular formula is C23H21BN4O. The minimum Gasteiger partial charge on any atom is -0.293 e. The van der Waals surface area contributed by atoms with Crippen molar-refractivity contribution in [3.05, 3.63) is 72.2 Å². The number of carbonyl (C=O) groups is 1. The summed E-state index contributed by atoms with van der Waals surface area (Å²) in [6, 6.07) is 17.4. The molecule has 2 radical (unpaired) electrons. The largest absolute Gasteiger partial charge is 0.293 e. The Hall–Kier alpha value is -3.28. The van der Waals surface area contributed by atoms with E-state index < -0.39 is 0 Å². The maximum Gasteiger partial charge on any atom is 0.178 e. The standard InChI is InChI=1S/C23H21BN4O/c1-3-6-18(24)21-9-4-8-20(26-21)16-11-12-17-14-25-28(22(17)13-16)23-10-5-7-19(27-23)15(2)29/h4-5,7-14,18H,3,6H2,1-2H3/t18-/m0/s1. The van der Waals surface area contributed by atoms with Crippen molar-refractivity contribution < 1.29 is 4.79 Å². The average molecular weight is 380 g/mol. The SMILES string of the molecule is [B][C@@H](CCC)c1cccc(-c2ccc3cnn(-c4cccc(C(C)=O)n4)c3c2)n1. The van der Waals surface area contributed by atoms with Crippen LogP contribution < -0.4 is 0 Å². The molecule has 3 heterocycles. The fourth-order valence-electron chi connectivity index (χ4n) is 3.38. The number of pyridine rings is 2. The molecule has 3 aromatic heterocycles. The van der Waals surface area contributed by atoms with Crippen molar-refractivity contribution in [1.29, 1.82) is 0 Å². The first-order valence-electron chi connectivity index (χ1n) is 9.76. The van der Waals surface area contributed by atoms with Crippen molar-refractivity contribution in [2.75, 3.05) is 0 Å². The van der Waals surface area contributed by atoms with E-state index in [0.717, 1.165) is 40.7 Å². The summed E-state index contributed by atoms with van der Waals surface area (Å²) < 4.78 is 1.75. The van der Waals surface area contributed by atoms with Crippen LogP contribution in [0.4, 0.5) is 0 Å². The maximum atomic E-state index is 11.7. The Morgan fingerprint density at radius 1 is 1.10 bits per heavy atom. The molecule has 0 saturated carbocycles. The molecule has 142 valence electrons. The molecule has 6 heteroatoms.